The summed E-state index contributed by atoms with van der Waals surface area (Å²) in [4.78, 5) is 14.3. The third-order valence-electron chi connectivity index (χ3n) is 3.16. The lowest BCUT2D eigenvalue weighted by Gasteiger charge is -2.14. The molecule has 0 unspecified atom stereocenters. The molecule has 0 bridgehead atoms. The van der Waals surface area contributed by atoms with E-state index in [4.69, 9.17) is 9.47 Å². The normalized spacial score (nSPS) is 10.8. The van der Waals surface area contributed by atoms with Crippen LogP contribution in [0, 0.1) is 0 Å². The summed E-state index contributed by atoms with van der Waals surface area (Å²) in [6.07, 6.45) is 0. The highest BCUT2D eigenvalue weighted by atomic mass is 16.5. The van der Waals surface area contributed by atoms with Crippen molar-refractivity contribution in [1.29, 1.82) is 0 Å². The van der Waals surface area contributed by atoms with Gasteiger partial charge in [0.1, 0.15) is 11.5 Å². The van der Waals surface area contributed by atoms with Gasteiger partial charge in [-0.25, -0.2) is 0 Å². The Morgan fingerprint density at radius 1 is 1.05 bits per heavy atom. The number of Topliss-reactive ketones (excluding diaryl/α,β-unsaturated/α-hetero) is 1. The minimum absolute atomic E-state index is 0.0622. The fourth-order valence-corrected chi connectivity index (χ4v) is 2.30. The van der Waals surface area contributed by atoms with Crippen LogP contribution >= 0.6 is 0 Å². The lowest BCUT2D eigenvalue weighted by molar-refractivity contribution is 0.0959. The van der Waals surface area contributed by atoms with Gasteiger partial charge in [0.15, 0.2) is 5.78 Å². The van der Waals surface area contributed by atoms with Gasteiger partial charge in [0.25, 0.3) is 0 Å². The van der Waals surface area contributed by atoms with Crippen molar-refractivity contribution in [2.75, 3.05) is 34.9 Å². The van der Waals surface area contributed by atoms with E-state index in [1.165, 1.54) is 0 Å². The van der Waals surface area contributed by atoms with Gasteiger partial charge >= 0.3 is 0 Å². The van der Waals surface area contributed by atoms with Gasteiger partial charge < -0.3 is 14.4 Å². The highest BCUT2D eigenvalue weighted by Gasteiger charge is 2.16. The number of rotatable bonds is 5. The standard InChI is InChI=1S/C16H19NO3/c1-17(2)10-13(18)11-8-9-14(19-3)12-6-5-7-15(20-4)16(11)12/h5-9H,10H2,1-4H3. The predicted molar refractivity (Wildman–Crippen MR) is 79.9 cm³/mol. The van der Waals surface area contributed by atoms with E-state index in [2.05, 4.69) is 0 Å². The topological polar surface area (TPSA) is 38.8 Å². The van der Waals surface area contributed by atoms with Gasteiger partial charge in [-0.15, -0.1) is 0 Å². The number of likely N-dealkylation sites (N-methyl/N-ethyl adjacent to an activating group) is 1. The van der Waals surface area contributed by atoms with Gasteiger partial charge in [-0.2, -0.15) is 0 Å². The van der Waals surface area contributed by atoms with Crippen LogP contribution in [0.4, 0.5) is 0 Å². The first-order valence-electron chi connectivity index (χ1n) is 6.40. The first kappa shape index (κ1) is 14.3. The summed E-state index contributed by atoms with van der Waals surface area (Å²) in [6, 6.07) is 9.31. The molecule has 0 amide bonds. The number of fused-ring (bicyclic) bond motifs is 1. The van der Waals surface area contributed by atoms with Crippen LogP contribution in [-0.2, 0) is 0 Å². The molecule has 0 heterocycles. The molecule has 4 heteroatoms. The quantitative estimate of drug-likeness (QED) is 0.785. The van der Waals surface area contributed by atoms with Crippen LogP contribution in [0.5, 0.6) is 11.5 Å². The van der Waals surface area contributed by atoms with Gasteiger partial charge in [0.2, 0.25) is 0 Å². The molecule has 106 valence electrons. The molecule has 0 saturated carbocycles. The minimum atomic E-state index is 0.0622. The Hall–Kier alpha value is -2.07. The van der Waals surface area contributed by atoms with E-state index < -0.39 is 0 Å². The molecule has 0 aliphatic carbocycles. The molecule has 0 spiro atoms. The number of ketones is 1. The summed E-state index contributed by atoms with van der Waals surface area (Å²) < 4.78 is 10.8. The molecule has 0 fully saturated rings. The number of benzene rings is 2. The number of ether oxygens (including phenoxy) is 2. The average molecular weight is 273 g/mol. The van der Waals surface area contributed by atoms with Crippen molar-refractivity contribution >= 4 is 16.6 Å². The van der Waals surface area contributed by atoms with E-state index in [0.29, 0.717) is 17.9 Å². The van der Waals surface area contributed by atoms with Crippen LogP contribution in [0.2, 0.25) is 0 Å². The van der Waals surface area contributed by atoms with E-state index in [1.54, 1.807) is 20.3 Å². The summed E-state index contributed by atoms with van der Waals surface area (Å²) in [7, 11) is 6.98. The number of hydrogen-bond acceptors (Lipinski definition) is 4. The molecule has 2 aromatic carbocycles. The summed E-state index contributed by atoms with van der Waals surface area (Å²) in [5.74, 6) is 1.48. The second-order valence-electron chi connectivity index (χ2n) is 4.86. The Morgan fingerprint density at radius 2 is 1.75 bits per heavy atom. The lowest BCUT2D eigenvalue weighted by atomic mass is 9.99. The maximum Gasteiger partial charge on any atom is 0.177 e. The van der Waals surface area contributed by atoms with Crippen molar-refractivity contribution in [2.45, 2.75) is 0 Å². The van der Waals surface area contributed by atoms with Gasteiger partial charge in [0.05, 0.1) is 20.8 Å². The van der Waals surface area contributed by atoms with E-state index in [1.807, 2.05) is 43.3 Å². The summed E-state index contributed by atoms with van der Waals surface area (Å²) in [5, 5.41) is 1.69. The lowest BCUT2D eigenvalue weighted by Crippen LogP contribution is -2.22. The van der Waals surface area contributed by atoms with Gasteiger partial charge in [-0.3, -0.25) is 4.79 Å². The van der Waals surface area contributed by atoms with Crippen LogP contribution in [-0.4, -0.2) is 45.5 Å². The molecule has 0 saturated heterocycles. The zero-order valence-corrected chi connectivity index (χ0v) is 12.3. The molecule has 0 aliphatic rings. The minimum Gasteiger partial charge on any atom is -0.496 e. The summed E-state index contributed by atoms with van der Waals surface area (Å²) >= 11 is 0. The monoisotopic (exact) mass is 273 g/mol. The van der Waals surface area contributed by atoms with Crippen LogP contribution < -0.4 is 9.47 Å². The second kappa shape index (κ2) is 5.92. The average Bonchev–Trinajstić information content (AvgIpc) is 2.44. The van der Waals surface area contributed by atoms with Gasteiger partial charge in [-0.1, -0.05) is 12.1 Å². The molecule has 4 nitrogen and oxygen atoms in total. The SMILES string of the molecule is COc1ccc(C(=O)CN(C)C)c2c(OC)cccc12. The van der Waals surface area contributed by atoms with Crippen LogP contribution in [0.1, 0.15) is 10.4 Å². The molecule has 0 radical (unpaired) electrons. The van der Waals surface area contributed by atoms with Crippen molar-refractivity contribution in [1.82, 2.24) is 4.90 Å². The van der Waals surface area contributed by atoms with E-state index in [9.17, 15) is 4.79 Å². The number of methoxy groups -OCH3 is 2. The summed E-state index contributed by atoms with van der Waals surface area (Å²) in [6.45, 7) is 0.361. The van der Waals surface area contributed by atoms with Crippen molar-refractivity contribution in [3.63, 3.8) is 0 Å². The highest BCUT2D eigenvalue weighted by molar-refractivity contribution is 6.12. The Morgan fingerprint density at radius 3 is 2.35 bits per heavy atom. The van der Waals surface area contributed by atoms with Crippen LogP contribution in [0.25, 0.3) is 10.8 Å². The number of hydrogen-bond donors (Lipinski definition) is 0. The van der Waals surface area contributed by atoms with Crippen molar-refractivity contribution in [2.24, 2.45) is 0 Å². The third kappa shape index (κ3) is 2.60. The number of carbonyl (C=O) groups is 1. The summed E-state index contributed by atoms with van der Waals surface area (Å²) in [5.41, 5.74) is 0.659. The number of carbonyl (C=O) groups excluding carboxylic acids is 1. The zero-order chi connectivity index (χ0) is 14.7. The first-order valence-corrected chi connectivity index (χ1v) is 6.40. The Kier molecular flexibility index (Phi) is 4.25. The molecule has 0 atom stereocenters. The second-order valence-corrected chi connectivity index (χ2v) is 4.86. The maximum atomic E-state index is 12.4. The molecule has 2 rings (SSSR count). The van der Waals surface area contributed by atoms with E-state index in [0.717, 1.165) is 16.5 Å². The van der Waals surface area contributed by atoms with Crippen molar-refractivity contribution in [3.8, 4) is 11.5 Å². The van der Waals surface area contributed by atoms with Gasteiger partial charge in [-0.05, 0) is 32.3 Å². The maximum absolute atomic E-state index is 12.4. The Labute approximate surface area is 118 Å². The van der Waals surface area contributed by atoms with E-state index in [-0.39, 0.29) is 5.78 Å². The van der Waals surface area contributed by atoms with Crippen LogP contribution in [0.15, 0.2) is 30.3 Å². The van der Waals surface area contributed by atoms with Crippen LogP contribution in [0.3, 0.4) is 0 Å². The van der Waals surface area contributed by atoms with Gasteiger partial charge in [0, 0.05) is 16.3 Å². The number of nitrogens with zero attached hydrogens (tertiary/aromatic N) is 1. The zero-order valence-electron chi connectivity index (χ0n) is 12.3. The Bertz CT molecular complexity index is 635. The highest BCUT2D eigenvalue weighted by Crippen LogP contribution is 2.35. The molecule has 0 N–H and O–H groups in total. The Balaban J connectivity index is 2.69. The largest absolute Gasteiger partial charge is 0.496 e. The van der Waals surface area contributed by atoms with E-state index >= 15 is 0 Å². The molecule has 2 aromatic rings. The molecule has 0 aromatic heterocycles. The first-order chi connectivity index (χ1) is 9.58. The fraction of sp³-hybridized carbons (Fsp3) is 0.312. The fourth-order valence-electron chi connectivity index (χ4n) is 2.30. The predicted octanol–water partition coefficient (Wildman–Crippen LogP) is 2.60. The molecular formula is C16H19NO3. The third-order valence-corrected chi connectivity index (χ3v) is 3.16. The smallest absolute Gasteiger partial charge is 0.177 e. The van der Waals surface area contributed by atoms with Crippen molar-refractivity contribution < 1.29 is 14.3 Å². The van der Waals surface area contributed by atoms with Crippen molar-refractivity contribution in [3.05, 3.63) is 35.9 Å². The molecule has 20 heavy (non-hydrogen) atoms. The molecule has 0 aliphatic heterocycles. The molecular weight excluding hydrogens is 254 g/mol.